The number of rotatable bonds is 4. The zero-order chi connectivity index (χ0) is 14.2. The van der Waals surface area contributed by atoms with Gasteiger partial charge in [-0.3, -0.25) is 0 Å². The van der Waals surface area contributed by atoms with Gasteiger partial charge < -0.3 is 0 Å². The minimum absolute atomic E-state index is 0.127. The Balaban J connectivity index is 2.60. The van der Waals surface area contributed by atoms with Crippen molar-refractivity contribution in [2.24, 2.45) is 0 Å². The molecule has 0 aliphatic carbocycles. The summed E-state index contributed by atoms with van der Waals surface area (Å²) in [6.07, 6.45) is 1.45. The molecule has 19 heavy (non-hydrogen) atoms. The van der Waals surface area contributed by atoms with E-state index in [1.165, 1.54) is 10.6 Å². The molecule has 2 aromatic rings. The standard InChI is InChI=1S/C11H15N5O2S/c1-5-6-12-19(17,18)11-14-10-13-8(3)7(2)9(4)16(10)15-11/h5,12H,1,6H2,2-4H3. The van der Waals surface area contributed by atoms with Crippen LogP contribution in [0.4, 0.5) is 0 Å². The normalized spacial score (nSPS) is 11.9. The quantitative estimate of drug-likeness (QED) is 0.825. The van der Waals surface area contributed by atoms with Crippen LogP contribution in [-0.4, -0.2) is 34.5 Å². The first-order valence-electron chi connectivity index (χ1n) is 5.68. The number of nitrogens with zero attached hydrogens (tertiary/aromatic N) is 4. The lowest BCUT2D eigenvalue weighted by molar-refractivity contribution is 0.576. The van der Waals surface area contributed by atoms with E-state index in [9.17, 15) is 8.42 Å². The summed E-state index contributed by atoms with van der Waals surface area (Å²) in [5.74, 6) is 0.277. The van der Waals surface area contributed by atoms with Gasteiger partial charge in [-0.1, -0.05) is 6.08 Å². The van der Waals surface area contributed by atoms with Crippen molar-refractivity contribution in [2.75, 3.05) is 6.54 Å². The van der Waals surface area contributed by atoms with E-state index in [1.54, 1.807) is 0 Å². The molecule has 0 bridgehead atoms. The second kappa shape index (κ2) is 4.71. The van der Waals surface area contributed by atoms with Gasteiger partial charge in [-0.2, -0.15) is 9.50 Å². The fourth-order valence-corrected chi connectivity index (χ4v) is 2.44. The van der Waals surface area contributed by atoms with E-state index in [0.29, 0.717) is 0 Å². The highest BCUT2D eigenvalue weighted by Gasteiger charge is 2.21. The third-order valence-corrected chi connectivity index (χ3v) is 4.10. The molecule has 1 N–H and O–H groups in total. The van der Waals surface area contributed by atoms with Crippen LogP contribution < -0.4 is 4.72 Å². The lowest BCUT2D eigenvalue weighted by atomic mass is 10.2. The Morgan fingerprint density at radius 3 is 2.63 bits per heavy atom. The zero-order valence-corrected chi connectivity index (χ0v) is 11.8. The molecule has 0 saturated heterocycles. The topological polar surface area (TPSA) is 89.2 Å². The summed E-state index contributed by atoms with van der Waals surface area (Å²) < 4.78 is 27.6. The first-order valence-corrected chi connectivity index (χ1v) is 7.16. The van der Waals surface area contributed by atoms with E-state index >= 15 is 0 Å². The average molecular weight is 281 g/mol. The molecular formula is C11H15N5O2S. The lowest BCUT2D eigenvalue weighted by Gasteiger charge is -2.04. The molecule has 8 heteroatoms. The predicted molar refractivity (Wildman–Crippen MR) is 70.4 cm³/mol. The molecule has 0 atom stereocenters. The van der Waals surface area contributed by atoms with E-state index < -0.39 is 10.0 Å². The van der Waals surface area contributed by atoms with Crippen molar-refractivity contribution >= 4 is 15.8 Å². The van der Waals surface area contributed by atoms with Crippen LogP contribution >= 0.6 is 0 Å². The fraction of sp³-hybridized carbons (Fsp3) is 0.364. The molecule has 102 valence electrons. The molecule has 2 aromatic heterocycles. The molecule has 0 aromatic carbocycles. The zero-order valence-electron chi connectivity index (χ0n) is 11.0. The van der Waals surface area contributed by atoms with Crippen molar-refractivity contribution in [3.8, 4) is 0 Å². The molecule has 7 nitrogen and oxygen atoms in total. The SMILES string of the molecule is C=CCNS(=O)(=O)c1nc2nc(C)c(C)c(C)n2n1. The summed E-state index contributed by atoms with van der Waals surface area (Å²) in [6, 6.07) is 0. The largest absolute Gasteiger partial charge is 0.284 e. The maximum Gasteiger partial charge on any atom is 0.284 e. The number of aromatic nitrogens is 4. The highest BCUT2D eigenvalue weighted by atomic mass is 32.2. The molecule has 2 heterocycles. The van der Waals surface area contributed by atoms with Gasteiger partial charge in [0.25, 0.3) is 21.0 Å². The maximum absolute atomic E-state index is 11.9. The molecule has 0 amide bonds. The van der Waals surface area contributed by atoms with Crippen molar-refractivity contribution in [3.05, 3.63) is 29.6 Å². The van der Waals surface area contributed by atoms with Crippen molar-refractivity contribution in [3.63, 3.8) is 0 Å². The van der Waals surface area contributed by atoms with Gasteiger partial charge >= 0.3 is 0 Å². The van der Waals surface area contributed by atoms with Crippen LogP contribution in [0.25, 0.3) is 5.78 Å². The van der Waals surface area contributed by atoms with Crippen LogP contribution in [0.3, 0.4) is 0 Å². The summed E-state index contributed by atoms with van der Waals surface area (Å²) in [4.78, 5) is 8.18. The van der Waals surface area contributed by atoms with Gasteiger partial charge in [0.2, 0.25) is 0 Å². The van der Waals surface area contributed by atoms with E-state index in [2.05, 4.69) is 26.4 Å². The summed E-state index contributed by atoms with van der Waals surface area (Å²) in [6.45, 7) is 9.18. The van der Waals surface area contributed by atoms with Crippen LogP contribution in [0, 0.1) is 20.8 Å². The Morgan fingerprint density at radius 1 is 1.32 bits per heavy atom. The number of hydrogen-bond acceptors (Lipinski definition) is 5. The van der Waals surface area contributed by atoms with Crippen LogP contribution in [0.5, 0.6) is 0 Å². The van der Waals surface area contributed by atoms with Crippen molar-refractivity contribution < 1.29 is 8.42 Å². The van der Waals surface area contributed by atoms with E-state index in [1.807, 2.05) is 20.8 Å². The molecule has 0 aliphatic heterocycles. The highest BCUT2D eigenvalue weighted by molar-refractivity contribution is 7.89. The van der Waals surface area contributed by atoms with E-state index in [0.717, 1.165) is 17.0 Å². The van der Waals surface area contributed by atoms with Crippen LogP contribution in [0.1, 0.15) is 17.0 Å². The molecule has 0 spiro atoms. The van der Waals surface area contributed by atoms with E-state index in [-0.39, 0.29) is 17.5 Å². The van der Waals surface area contributed by atoms with Gasteiger partial charge in [0.05, 0.1) is 0 Å². The van der Waals surface area contributed by atoms with Gasteiger partial charge in [0.15, 0.2) is 0 Å². The number of aryl methyl sites for hydroxylation is 2. The number of fused-ring (bicyclic) bond motifs is 1. The first kappa shape index (κ1) is 13.6. The predicted octanol–water partition coefficient (Wildman–Crippen LogP) is 0.514. The second-order valence-corrected chi connectivity index (χ2v) is 5.82. The number of hydrogen-bond donors (Lipinski definition) is 1. The molecule has 0 saturated carbocycles. The Bertz CT molecular complexity index is 748. The van der Waals surface area contributed by atoms with Gasteiger partial charge in [-0.15, -0.1) is 11.7 Å². The van der Waals surface area contributed by atoms with Crippen molar-refractivity contribution in [1.29, 1.82) is 0 Å². The smallest absolute Gasteiger partial charge is 0.216 e. The monoisotopic (exact) mass is 281 g/mol. The molecule has 2 rings (SSSR count). The van der Waals surface area contributed by atoms with Crippen LogP contribution in [0.2, 0.25) is 0 Å². The van der Waals surface area contributed by atoms with Crippen molar-refractivity contribution in [1.82, 2.24) is 24.3 Å². The fourth-order valence-electron chi connectivity index (χ4n) is 1.58. The van der Waals surface area contributed by atoms with Gasteiger partial charge in [0.1, 0.15) is 0 Å². The molecule has 0 fully saturated rings. The summed E-state index contributed by atoms with van der Waals surface area (Å²) >= 11 is 0. The third kappa shape index (κ3) is 2.36. The molecule has 0 unspecified atom stereocenters. The summed E-state index contributed by atoms with van der Waals surface area (Å²) in [7, 11) is -3.73. The summed E-state index contributed by atoms with van der Waals surface area (Å²) in [5.41, 5.74) is 2.58. The lowest BCUT2D eigenvalue weighted by Crippen LogP contribution is -2.24. The Morgan fingerprint density at radius 2 is 2.00 bits per heavy atom. The maximum atomic E-state index is 11.9. The number of sulfonamides is 1. The van der Waals surface area contributed by atoms with Gasteiger partial charge in [-0.25, -0.2) is 18.1 Å². The van der Waals surface area contributed by atoms with E-state index in [4.69, 9.17) is 0 Å². The summed E-state index contributed by atoms with van der Waals surface area (Å²) in [5, 5.41) is 3.71. The highest BCUT2D eigenvalue weighted by Crippen LogP contribution is 2.13. The molecular weight excluding hydrogens is 266 g/mol. The van der Waals surface area contributed by atoms with Crippen molar-refractivity contribution in [2.45, 2.75) is 25.9 Å². The minimum Gasteiger partial charge on any atom is -0.216 e. The third-order valence-electron chi connectivity index (χ3n) is 2.90. The van der Waals surface area contributed by atoms with Crippen LogP contribution in [0.15, 0.2) is 17.8 Å². The van der Waals surface area contributed by atoms with Gasteiger partial charge in [-0.05, 0) is 26.3 Å². The first-order chi connectivity index (χ1) is 8.86. The average Bonchev–Trinajstić information content (AvgIpc) is 2.78. The Hall–Kier alpha value is -1.80. The molecule has 0 aliphatic rings. The van der Waals surface area contributed by atoms with Gasteiger partial charge in [0, 0.05) is 17.9 Å². The Labute approximate surface area is 111 Å². The van der Waals surface area contributed by atoms with Crippen LogP contribution in [-0.2, 0) is 10.0 Å². The number of nitrogens with one attached hydrogen (secondary N) is 1. The second-order valence-electron chi connectivity index (χ2n) is 4.15. The Kier molecular flexibility index (Phi) is 3.38. The molecule has 0 radical (unpaired) electrons. The minimum atomic E-state index is -3.73.